The number of benzene rings is 1. The van der Waals surface area contributed by atoms with Crippen molar-refractivity contribution in [1.29, 1.82) is 0 Å². The second-order valence-electron chi connectivity index (χ2n) is 10.1. The van der Waals surface area contributed by atoms with Crippen LogP contribution in [0.25, 0.3) is 28.0 Å². The van der Waals surface area contributed by atoms with Crippen molar-refractivity contribution in [2.24, 2.45) is 5.92 Å². The van der Waals surface area contributed by atoms with E-state index >= 15 is 0 Å². The van der Waals surface area contributed by atoms with Crippen molar-refractivity contribution in [1.82, 2.24) is 24.8 Å². The third-order valence-electron chi connectivity index (χ3n) is 7.11. The van der Waals surface area contributed by atoms with E-state index in [2.05, 4.69) is 28.2 Å². The number of nitrogens with one attached hydrogen (secondary N) is 1. The highest BCUT2D eigenvalue weighted by atomic mass is 35.5. The Bertz CT molecular complexity index is 1340. The molecular formula is C28H32ClN5O3. The van der Waals surface area contributed by atoms with E-state index in [4.69, 9.17) is 21.3 Å². The number of carbonyl (C=O) groups excluding carboxylic acids is 2. The van der Waals surface area contributed by atoms with Crippen molar-refractivity contribution in [3.8, 4) is 17.3 Å². The summed E-state index contributed by atoms with van der Waals surface area (Å²) in [5, 5.41) is 0.532. The molecule has 1 aromatic carbocycles. The van der Waals surface area contributed by atoms with Crippen molar-refractivity contribution >= 4 is 40.2 Å². The third-order valence-corrected chi connectivity index (χ3v) is 7.40. The predicted octanol–water partition coefficient (Wildman–Crippen LogP) is 4.94. The Morgan fingerprint density at radius 2 is 1.76 bits per heavy atom. The summed E-state index contributed by atoms with van der Waals surface area (Å²) in [5.41, 5.74) is 5.22. The van der Waals surface area contributed by atoms with Crippen LogP contribution in [0, 0.1) is 5.92 Å². The van der Waals surface area contributed by atoms with Gasteiger partial charge in [0.2, 0.25) is 11.8 Å². The number of fused-ring (bicyclic) bond motifs is 1. The van der Waals surface area contributed by atoms with Crippen LogP contribution < -0.4 is 4.74 Å². The largest absolute Gasteiger partial charge is 0.461 e. The molecule has 0 radical (unpaired) electrons. The van der Waals surface area contributed by atoms with Crippen LogP contribution in [0.2, 0.25) is 5.02 Å². The maximum absolute atomic E-state index is 12.2. The van der Waals surface area contributed by atoms with E-state index in [1.807, 2.05) is 41.8 Å². The average molecular weight is 522 g/mol. The van der Waals surface area contributed by atoms with Gasteiger partial charge in [0.25, 0.3) is 6.01 Å². The van der Waals surface area contributed by atoms with E-state index in [9.17, 15) is 9.59 Å². The van der Waals surface area contributed by atoms with Crippen molar-refractivity contribution in [3.63, 3.8) is 0 Å². The van der Waals surface area contributed by atoms with Gasteiger partial charge in [0.1, 0.15) is 6.10 Å². The molecule has 9 heteroatoms. The molecule has 0 bridgehead atoms. The Morgan fingerprint density at radius 1 is 1.05 bits per heavy atom. The zero-order valence-electron chi connectivity index (χ0n) is 21.5. The first kappa shape index (κ1) is 25.3. The first-order valence-corrected chi connectivity index (χ1v) is 13.2. The molecule has 2 aliphatic heterocycles. The van der Waals surface area contributed by atoms with Gasteiger partial charge in [-0.2, -0.15) is 4.98 Å². The van der Waals surface area contributed by atoms with Gasteiger partial charge in [-0.3, -0.25) is 9.59 Å². The van der Waals surface area contributed by atoms with Crippen LogP contribution in [0.15, 0.2) is 36.4 Å². The molecular weight excluding hydrogens is 490 g/mol. The number of imidazole rings is 1. The lowest BCUT2D eigenvalue weighted by molar-refractivity contribution is -0.136. The maximum atomic E-state index is 12.2. The van der Waals surface area contributed by atoms with Crippen molar-refractivity contribution in [2.75, 3.05) is 26.2 Å². The molecule has 0 spiro atoms. The Hall–Kier alpha value is -3.39. The fraction of sp³-hybridized carbons (Fsp3) is 0.429. The second kappa shape index (κ2) is 10.5. The summed E-state index contributed by atoms with van der Waals surface area (Å²) in [7, 11) is 0. The summed E-state index contributed by atoms with van der Waals surface area (Å²) in [4.78, 5) is 40.0. The molecule has 8 nitrogen and oxygen atoms in total. The molecule has 0 aliphatic carbocycles. The van der Waals surface area contributed by atoms with Gasteiger partial charge in [-0.05, 0) is 23.6 Å². The lowest BCUT2D eigenvalue weighted by Crippen LogP contribution is -2.43. The Morgan fingerprint density at radius 3 is 2.38 bits per heavy atom. The highest BCUT2D eigenvalue weighted by Crippen LogP contribution is 2.32. The van der Waals surface area contributed by atoms with Gasteiger partial charge in [0.15, 0.2) is 5.65 Å². The number of pyridine rings is 1. The minimum absolute atomic E-state index is 0.00382. The first-order valence-electron chi connectivity index (χ1n) is 12.9. The summed E-state index contributed by atoms with van der Waals surface area (Å²) in [5.74, 6) is 0.311. The number of halogens is 1. The number of likely N-dealkylation sites (tertiary alicyclic amines) is 1. The number of aromatic amines is 1. The SMILES string of the molecule is CC(=O)N1CC=C(c2ccc(-c3nc4nc(OC5CCN(C(=O)C(C)C)CC5)[nH]c4cc3Cl)cc2)CC1. The van der Waals surface area contributed by atoms with E-state index in [0.717, 1.165) is 42.5 Å². The van der Waals surface area contributed by atoms with Crippen LogP contribution in [0.5, 0.6) is 6.01 Å². The standard InChI is InChI=1S/C28H32ClN5O3/c1-17(2)27(36)34-14-10-22(11-15-34)37-28-30-24-16-23(29)25(31-26(24)32-28)21-6-4-19(5-7-21)20-8-12-33(13-9-20)18(3)35/h4-8,16-17,22H,9-15H2,1-3H3,(H,30,31,32). The van der Waals surface area contributed by atoms with Crippen LogP contribution >= 0.6 is 11.6 Å². The molecule has 3 aromatic rings. The smallest absolute Gasteiger partial charge is 0.296 e. The Balaban J connectivity index is 1.27. The lowest BCUT2D eigenvalue weighted by atomic mass is 9.97. The molecule has 2 aliphatic rings. The van der Waals surface area contributed by atoms with Crippen molar-refractivity contribution in [2.45, 2.75) is 46.1 Å². The Kier molecular flexibility index (Phi) is 7.20. The molecule has 5 rings (SSSR count). The fourth-order valence-corrected chi connectivity index (χ4v) is 5.19. The first-order chi connectivity index (χ1) is 17.8. The van der Waals surface area contributed by atoms with Crippen LogP contribution in [-0.4, -0.2) is 68.8 Å². The molecule has 2 aromatic heterocycles. The number of hydrogen-bond acceptors (Lipinski definition) is 5. The summed E-state index contributed by atoms with van der Waals surface area (Å²) in [6, 6.07) is 10.4. The quantitative estimate of drug-likeness (QED) is 0.513. The van der Waals surface area contributed by atoms with Gasteiger partial charge in [0.05, 0.1) is 16.2 Å². The van der Waals surface area contributed by atoms with E-state index < -0.39 is 0 Å². The van der Waals surface area contributed by atoms with Crippen LogP contribution in [0.1, 0.15) is 45.6 Å². The number of nitrogens with zero attached hydrogens (tertiary/aromatic N) is 4. The molecule has 1 fully saturated rings. The normalized spacial score (nSPS) is 16.8. The molecule has 0 atom stereocenters. The summed E-state index contributed by atoms with van der Waals surface area (Å²) in [6.07, 6.45) is 4.49. The van der Waals surface area contributed by atoms with Gasteiger partial charge < -0.3 is 19.5 Å². The van der Waals surface area contributed by atoms with Crippen LogP contribution in [0.4, 0.5) is 0 Å². The number of H-pyrrole nitrogens is 1. The molecule has 0 saturated carbocycles. The zero-order chi connectivity index (χ0) is 26.1. The second-order valence-corrected chi connectivity index (χ2v) is 10.5. The lowest BCUT2D eigenvalue weighted by Gasteiger charge is -2.32. The molecule has 4 heterocycles. The van der Waals surface area contributed by atoms with Crippen molar-refractivity contribution < 1.29 is 14.3 Å². The number of carbonyl (C=O) groups is 2. The van der Waals surface area contributed by atoms with Gasteiger partial charge >= 0.3 is 0 Å². The van der Waals surface area contributed by atoms with Gasteiger partial charge in [0, 0.05) is 57.4 Å². The van der Waals surface area contributed by atoms with E-state index in [0.29, 0.717) is 42.0 Å². The summed E-state index contributed by atoms with van der Waals surface area (Å²) in [6.45, 7) is 8.24. The highest BCUT2D eigenvalue weighted by molar-refractivity contribution is 6.33. The Labute approximate surface area is 221 Å². The van der Waals surface area contributed by atoms with Gasteiger partial charge in [-0.15, -0.1) is 0 Å². The van der Waals surface area contributed by atoms with E-state index in [1.54, 1.807) is 6.92 Å². The topological polar surface area (TPSA) is 91.4 Å². The maximum Gasteiger partial charge on any atom is 0.296 e. The number of amides is 2. The fourth-order valence-electron chi connectivity index (χ4n) is 4.93. The molecule has 1 saturated heterocycles. The number of ether oxygens (including phenoxy) is 1. The summed E-state index contributed by atoms with van der Waals surface area (Å²) < 4.78 is 6.10. The molecule has 194 valence electrons. The number of piperidine rings is 1. The number of aromatic nitrogens is 3. The zero-order valence-corrected chi connectivity index (χ0v) is 22.2. The van der Waals surface area contributed by atoms with E-state index in [1.165, 1.54) is 5.57 Å². The number of hydrogen-bond donors (Lipinski definition) is 1. The van der Waals surface area contributed by atoms with E-state index in [-0.39, 0.29) is 23.8 Å². The molecule has 2 amide bonds. The van der Waals surface area contributed by atoms with Gasteiger partial charge in [-0.1, -0.05) is 55.8 Å². The van der Waals surface area contributed by atoms with Crippen LogP contribution in [0.3, 0.4) is 0 Å². The number of rotatable bonds is 5. The monoisotopic (exact) mass is 521 g/mol. The average Bonchev–Trinajstić information content (AvgIpc) is 3.29. The van der Waals surface area contributed by atoms with Crippen LogP contribution in [-0.2, 0) is 9.59 Å². The highest BCUT2D eigenvalue weighted by Gasteiger charge is 2.26. The summed E-state index contributed by atoms with van der Waals surface area (Å²) >= 11 is 6.61. The molecule has 37 heavy (non-hydrogen) atoms. The predicted molar refractivity (Wildman–Crippen MR) is 144 cm³/mol. The van der Waals surface area contributed by atoms with Gasteiger partial charge in [-0.25, -0.2) is 4.98 Å². The van der Waals surface area contributed by atoms with Crippen molar-refractivity contribution in [3.05, 3.63) is 47.0 Å². The minimum atomic E-state index is -0.00382. The third kappa shape index (κ3) is 5.49. The molecule has 1 N–H and O–H groups in total. The molecule has 0 unspecified atom stereocenters. The minimum Gasteiger partial charge on any atom is -0.461 e.